The smallest absolute Gasteiger partial charge is 0.334 e. The van der Waals surface area contributed by atoms with Crippen molar-refractivity contribution in [1.82, 2.24) is 0 Å². The van der Waals surface area contributed by atoms with Gasteiger partial charge >= 0.3 is 5.97 Å². The first kappa shape index (κ1) is 15.3. The van der Waals surface area contributed by atoms with E-state index in [9.17, 15) is 4.79 Å². The molecule has 0 radical (unpaired) electrons. The lowest BCUT2D eigenvalue weighted by Crippen LogP contribution is -2.03. The summed E-state index contributed by atoms with van der Waals surface area (Å²) in [6, 6.07) is 0. The van der Waals surface area contributed by atoms with E-state index in [-0.39, 0.29) is 12.1 Å². The summed E-state index contributed by atoms with van der Waals surface area (Å²) in [5.74, 6) is -0.0789. The molecule has 1 heterocycles. The van der Waals surface area contributed by atoms with Gasteiger partial charge in [0.15, 0.2) is 0 Å². The van der Waals surface area contributed by atoms with Crippen molar-refractivity contribution in [3.05, 3.63) is 11.6 Å². The van der Waals surface area contributed by atoms with Gasteiger partial charge in [-0.05, 0) is 19.3 Å². The molecule has 0 N–H and O–H groups in total. The number of carbonyl (C=O) groups is 1. The van der Waals surface area contributed by atoms with Gasteiger partial charge in [0, 0.05) is 12.0 Å². The molecule has 0 amide bonds. The highest BCUT2D eigenvalue weighted by atomic mass is 16.5. The minimum atomic E-state index is -0.0789. The van der Waals surface area contributed by atoms with Crippen LogP contribution in [0.1, 0.15) is 78.1 Å². The van der Waals surface area contributed by atoms with E-state index in [0.717, 1.165) is 24.8 Å². The molecule has 0 bridgehead atoms. The van der Waals surface area contributed by atoms with Crippen LogP contribution in [0.3, 0.4) is 0 Å². The van der Waals surface area contributed by atoms with Crippen molar-refractivity contribution < 1.29 is 9.53 Å². The molecule has 1 atom stereocenters. The lowest BCUT2D eigenvalue weighted by atomic mass is 10.1. The van der Waals surface area contributed by atoms with Gasteiger partial charge in [-0.1, -0.05) is 58.4 Å². The van der Waals surface area contributed by atoms with Crippen LogP contribution in [-0.4, -0.2) is 12.1 Å². The highest BCUT2D eigenvalue weighted by molar-refractivity contribution is 5.90. The maximum atomic E-state index is 11.5. The molecule has 104 valence electrons. The number of ether oxygens (including phenoxy) is 1. The molecule has 0 saturated carbocycles. The Bertz CT molecular complexity index is 268. The standard InChI is InChI=1S/C16H28O2/c1-3-5-6-7-8-9-10-11-12-14-13-15(4-2)18-16(14)17/h12,15H,3-11,13H2,1-2H3. The average molecular weight is 252 g/mol. The predicted molar refractivity (Wildman–Crippen MR) is 75.5 cm³/mol. The molecule has 0 aromatic rings. The van der Waals surface area contributed by atoms with Gasteiger partial charge in [0.1, 0.15) is 6.10 Å². The van der Waals surface area contributed by atoms with Crippen LogP contribution in [0.2, 0.25) is 0 Å². The lowest BCUT2D eigenvalue weighted by molar-refractivity contribution is -0.138. The highest BCUT2D eigenvalue weighted by Crippen LogP contribution is 2.23. The van der Waals surface area contributed by atoms with Gasteiger partial charge in [0.2, 0.25) is 0 Å². The molecule has 2 nitrogen and oxygen atoms in total. The van der Waals surface area contributed by atoms with E-state index in [1.165, 1.54) is 44.9 Å². The van der Waals surface area contributed by atoms with Crippen molar-refractivity contribution >= 4 is 5.97 Å². The number of rotatable bonds is 9. The minimum Gasteiger partial charge on any atom is -0.459 e. The Balaban J connectivity index is 2.04. The van der Waals surface area contributed by atoms with Gasteiger partial charge in [0.05, 0.1) is 0 Å². The first-order valence-corrected chi connectivity index (χ1v) is 7.68. The zero-order valence-corrected chi connectivity index (χ0v) is 12.0. The summed E-state index contributed by atoms with van der Waals surface area (Å²) in [4.78, 5) is 11.5. The second-order valence-electron chi connectivity index (χ2n) is 5.28. The van der Waals surface area contributed by atoms with Crippen LogP contribution < -0.4 is 0 Å². The SMILES string of the molecule is CCCCCCCCCC=C1CC(CC)OC1=O. The number of unbranched alkanes of at least 4 members (excludes halogenated alkanes) is 7. The number of hydrogen-bond donors (Lipinski definition) is 0. The van der Waals surface area contributed by atoms with E-state index in [0.29, 0.717) is 0 Å². The Morgan fingerprint density at radius 1 is 1.11 bits per heavy atom. The molecule has 18 heavy (non-hydrogen) atoms. The number of esters is 1. The van der Waals surface area contributed by atoms with Gasteiger partial charge in [-0.2, -0.15) is 0 Å². The van der Waals surface area contributed by atoms with Crippen molar-refractivity contribution in [1.29, 1.82) is 0 Å². The second-order valence-corrected chi connectivity index (χ2v) is 5.28. The molecule has 0 aliphatic carbocycles. The van der Waals surface area contributed by atoms with E-state index in [1.54, 1.807) is 0 Å². The van der Waals surface area contributed by atoms with E-state index in [1.807, 2.05) is 0 Å². The maximum absolute atomic E-state index is 11.5. The molecule has 0 spiro atoms. The van der Waals surface area contributed by atoms with Crippen LogP contribution in [0.4, 0.5) is 0 Å². The van der Waals surface area contributed by atoms with E-state index >= 15 is 0 Å². The number of carbonyl (C=O) groups excluding carboxylic acids is 1. The first-order valence-electron chi connectivity index (χ1n) is 7.68. The summed E-state index contributed by atoms with van der Waals surface area (Å²) < 4.78 is 5.24. The van der Waals surface area contributed by atoms with E-state index in [4.69, 9.17) is 4.74 Å². The summed E-state index contributed by atoms with van der Waals surface area (Å²) in [6.45, 7) is 4.31. The normalized spacial score (nSPS) is 21.6. The fourth-order valence-corrected chi connectivity index (χ4v) is 2.37. The quantitative estimate of drug-likeness (QED) is 0.335. The second kappa shape index (κ2) is 9.18. The third-order valence-corrected chi connectivity index (χ3v) is 3.64. The predicted octanol–water partition coefficient (Wildman–Crippen LogP) is 4.78. The first-order chi connectivity index (χ1) is 8.77. The van der Waals surface area contributed by atoms with Crippen molar-refractivity contribution in [2.24, 2.45) is 0 Å². The fourth-order valence-electron chi connectivity index (χ4n) is 2.37. The molecule has 1 aliphatic heterocycles. The number of cyclic esters (lactones) is 1. The maximum Gasteiger partial charge on any atom is 0.334 e. The van der Waals surface area contributed by atoms with E-state index in [2.05, 4.69) is 19.9 Å². The lowest BCUT2D eigenvalue weighted by Gasteiger charge is -2.01. The molecular formula is C16H28O2. The number of hydrogen-bond acceptors (Lipinski definition) is 2. The summed E-state index contributed by atoms with van der Waals surface area (Å²) in [5.41, 5.74) is 0.910. The Kier molecular flexibility index (Phi) is 7.79. The third kappa shape index (κ3) is 5.70. The van der Waals surface area contributed by atoms with E-state index < -0.39 is 0 Å². The molecule has 1 aliphatic rings. The zero-order valence-electron chi connectivity index (χ0n) is 12.0. The third-order valence-electron chi connectivity index (χ3n) is 3.64. The summed E-state index contributed by atoms with van der Waals surface area (Å²) in [6.07, 6.45) is 14.3. The largest absolute Gasteiger partial charge is 0.459 e. The Morgan fingerprint density at radius 2 is 1.78 bits per heavy atom. The molecule has 1 fully saturated rings. The monoisotopic (exact) mass is 252 g/mol. The Hall–Kier alpha value is -0.790. The van der Waals surface area contributed by atoms with Crippen LogP contribution in [0.15, 0.2) is 11.6 Å². The Labute approximate surface area is 112 Å². The summed E-state index contributed by atoms with van der Waals surface area (Å²) >= 11 is 0. The van der Waals surface area contributed by atoms with Crippen molar-refractivity contribution in [3.8, 4) is 0 Å². The minimum absolute atomic E-state index is 0.0789. The molecule has 0 aromatic carbocycles. The van der Waals surface area contributed by atoms with Crippen LogP contribution in [0, 0.1) is 0 Å². The van der Waals surface area contributed by atoms with Gasteiger partial charge in [0.25, 0.3) is 0 Å². The van der Waals surface area contributed by atoms with Crippen molar-refractivity contribution in [2.45, 2.75) is 84.2 Å². The van der Waals surface area contributed by atoms with Crippen LogP contribution >= 0.6 is 0 Å². The fraction of sp³-hybridized carbons (Fsp3) is 0.812. The molecule has 0 aromatic heterocycles. The number of allylic oxidation sites excluding steroid dienone is 1. The molecule has 2 heteroatoms. The van der Waals surface area contributed by atoms with Crippen molar-refractivity contribution in [3.63, 3.8) is 0 Å². The van der Waals surface area contributed by atoms with Crippen molar-refractivity contribution in [2.75, 3.05) is 0 Å². The zero-order chi connectivity index (χ0) is 13.2. The summed E-state index contributed by atoms with van der Waals surface area (Å²) in [7, 11) is 0. The Morgan fingerprint density at radius 3 is 2.39 bits per heavy atom. The van der Waals surface area contributed by atoms with Gasteiger partial charge < -0.3 is 4.74 Å². The van der Waals surface area contributed by atoms with Gasteiger partial charge in [-0.15, -0.1) is 0 Å². The molecular weight excluding hydrogens is 224 g/mol. The average Bonchev–Trinajstić information content (AvgIpc) is 2.73. The van der Waals surface area contributed by atoms with Gasteiger partial charge in [-0.25, -0.2) is 4.79 Å². The highest BCUT2D eigenvalue weighted by Gasteiger charge is 2.26. The summed E-state index contributed by atoms with van der Waals surface area (Å²) in [5, 5.41) is 0. The topological polar surface area (TPSA) is 26.3 Å². The van der Waals surface area contributed by atoms with Gasteiger partial charge in [-0.3, -0.25) is 0 Å². The van der Waals surface area contributed by atoms with Crippen LogP contribution in [-0.2, 0) is 9.53 Å². The van der Waals surface area contributed by atoms with Crippen LogP contribution in [0.25, 0.3) is 0 Å². The molecule has 1 rings (SSSR count). The molecule has 1 unspecified atom stereocenters. The molecule has 1 saturated heterocycles. The van der Waals surface area contributed by atoms with Crippen LogP contribution in [0.5, 0.6) is 0 Å².